The van der Waals surface area contributed by atoms with E-state index in [4.69, 9.17) is 4.74 Å². The van der Waals surface area contributed by atoms with Crippen molar-refractivity contribution < 1.29 is 4.74 Å². The summed E-state index contributed by atoms with van der Waals surface area (Å²) >= 11 is 0. The van der Waals surface area contributed by atoms with Gasteiger partial charge in [-0.15, -0.1) is 0 Å². The minimum absolute atomic E-state index is 0.578. The van der Waals surface area contributed by atoms with Gasteiger partial charge < -0.3 is 4.74 Å². The van der Waals surface area contributed by atoms with Gasteiger partial charge in [0.2, 0.25) is 0 Å². The van der Waals surface area contributed by atoms with Crippen LogP contribution >= 0.6 is 0 Å². The van der Waals surface area contributed by atoms with Gasteiger partial charge in [-0.05, 0) is 11.1 Å². The molecule has 2 heterocycles. The first kappa shape index (κ1) is 12.6. The van der Waals surface area contributed by atoms with Crippen molar-refractivity contribution in [1.82, 2.24) is 0 Å². The number of fused-ring (bicyclic) bond motifs is 2. The fourth-order valence-corrected chi connectivity index (χ4v) is 19.2. The molecule has 1 aromatic rings. The standard InChI is InChI=1S/C15H24OSi2/c1-11-8-16-9-12-6-14-15(7-13(11)12)18(4,5)10-17(14,2)3/h6-7,11H,8-10H2,1-5H3. The first-order chi connectivity index (χ1) is 8.31. The molecule has 3 rings (SSSR count). The van der Waals surface area contributed by atoms with Gasteiger partial charge in [-0.2, -0.15) is 0 Å². The summed E-state index contributed by atoms with van der Waals surface area (Å²) in [4.78, 5) is 0. The molecule has 1 unspecified atom stereocenters. The maximum absolute atomic E-state index is 5.71. The van der Waals surface area contributed by atoms with E-state index >= 15 is 0 Å². The van der Waals surface area contributed by atoms with E-state index in [2.05, 4.69) is 45.2 Å². The third kappa shape index (κ3) is 1.75. The third-order valence-corrected chi connectivity index (χ3v) is 15.8. The van der Waals surface area contributed by atoms with Crippen molar-refractivity contribution >= 4 is 26.5 Å². The van der Waals surface area contributed by atoms with Crippen molar-refractivity contribution in [3.8, 4) is 0 Å². The van der Waals surface area contributed by atoms with Crippen LogP contribution in [0.3, 0.4) is 0 Å². The van der Waals surface area contributed by atoms with Gasteiger partial charge in [-0.3, -0.25) is 0 Å². The second kappa shape index (κ2) is 3.81. The second-order valence-corrected chi connectivity index (χ2v) is 17.5. The van der Waals surface area contributed by atoms with E-state index in [9.17, 15) is 0 Å². The van der Waals surface area contributed by atoms with E-state index in [0.717, 1.165) is 13.2 Å². The van der Waals surface area contributed by atoms with E-state index in [-0.39, 0.29) is 0 Å². The highest BCUT2D eigenvalue weighted by molar-refractivity contribution is 7.14. The average molecular weight is 277 g/mol. The molecule has 0 saturated carbocycles. The SMILES string of the molecule is CC1COCc2cc3c(cc21)[Si](C)(C)C[Si]3(C)C. The Kier molecular flexibility index (Phi) is 2.67. The summed E-state index contributed by atoms with van der Waals surface area (Å²) in [7, 11) is -2.34. The van der Waals surface area contributed by atoms with Crippen LogP contribution in [-0.4, -0.2) is 22.8 Å². The molecule has 0 N–H and O–H groups in total. The Morgan fingerprint density at radius 2 is 1.67 bits per heavy atom. The van der Waals surface area contributed by atoms with Gasteiger partial charge in [-0.25, -0.2) is 0 Å². The highest BCUT2D eigenvalue weighted by atomic mass is 28.4. The zero-order chi connectivity index (χ0) is 13.1. The summed E-state index contributed by atoms with van der Waals surface area (Å²) in [5, 5.41) is 3.52. The lowest BCUT2D eigenvalue weighted by molar-refractivity contribution is 0.0952. The summed E-state index contributed by atoms with van der Waals surface area (Å²) < 4.78 is 5.71. The molecule has 0 amide bonds. The topological polar surface area (TPSA) is 9.23 Å². The summed E-state index contributed by atoms with van der Waals surface area (Å²) in [5.41, 5.74) is 4.57. The van der Waals surface area contributed by atoms with Crippen LogP contribution in [0.25, 0.3) is 0 Å². The monoisotopic (exact) mass is 276 g/mol. The van der Waals surface area contributed by atoms with E-state index < -0.39 is 16.1 Å². The Morgan fingerprint density at radius 3 is 2.33 bits per heavy atom. The van der Waals surface area contributed by atoms with Crippen LogP contribution in [0.4, 0.5) is 0 Å². The zero-order valence-corrected chi connectivity index (χ0v) is 14.3. The Bertz CT molecular complexity index is 505. The highest BCUT2D eigenvalue weighted by Crippen LogP contribution is 2.31. The van der Waals surface area contributed by atoms with Crippen LogP contribution in [0.1, 0.15) is 24.0 Å². The maximum Gasteiger partial charge on any atom is 0.0782 e. The average Bonchev–Trinajstić information content (AvgIpc) is 2.43. The molecule has 98 valence electrons. The predicted octanol–water partition coefficient (Wildman–Crippen LogP) is 2.70. The van der Waals surface area contributed by atoms with Crippen LogP contribution in [0.2, 0.25) is 31.9 Å². The van der Waals surface area contributed by atoms with Gasteiger partial charge in [0.1, 0.15) is 0 Å². The fraction of sp³-hybridized carbons (Fsp3) is 0.600. The molecule has 0 radical (unpaired) electrons. The molecular weight excluding hydrogens is 252 g/mol. The molecule has 0 spiro atoms. The highest BCUT2D eigenvalue weighted by Gasteiger charge is 2.45. The molecule has 0 fully saturated rings. The molecule has 1 aromatic carbocycles. The molecule has 3 heteroatoms. The molecule has 0 aliphatic carbocycles. The van der Waals surface area contributed by atoms with Gasteiger partial charge in [0, 0.05) is 5.92 Å². The number of benzene rings is 1. The first-order valence-electron chi connectivity index (χ1n) is 7.07. The Labute approximate surface area is 113 Å². The summed E-state index contributed by atoms with van der Waals surface area (Å²) in [6.45, 7) is 14.2. The van der Waals surface area contributed by atoms with E-state index in [1.165, 1.54) is 11.2 Å². The normalized spacial score (nSPS) is 27.7. The lowest BCUT2D eigenvalue weighted by Gasteiger charge is -2.26. The van der Waals surface area contributed by atoms with Crippen LogP contribution in [0.5, 0.6) is 0 Å². The Balaban J connectivity index is 2.22. The molecule has 18 heavy (non-hydrogen) atoms. The van der Waals surface area contributed by atoms with Gasteiger partial charge in [0.25, 0.3) is 0 Å². The van der Waals surface area contributed by atoms with Crippen molar-refractivity contribution in [3.05, 3.63) is 23.3 Å². The molecule has 1 atom stereocenters. The third-order valence-electron chi connectivity index (χ3n) is 4.78. The molecule has 1 nitrogen and oxygen atoms in total. The smallest absolute Gasteiger partial charge is 0.0782 e. The maximum atomic E-state index is 5.71. The van der Waals surface area contributed by atoms with Gasteiger partial charge >= 0.3 is 0 Å². The Morgan fingerprint density at radius 1 is 1.06 bits per heavy atom. The van der Waals surface area contributed by atoms with Crippen LogP contribution in [-0.2, 0) is 11.3 Å². The van der Waals surface area contributed by atoms with Crippen molar-refractivity contribution in [3.63, 3.8) is 0 Å². The van der Waals surface area contributed by atoms with E-state index in [1.807, 2.05) is 0 Å². The molecule has 2 aliphatic rings. The summed E-state index contributed by atoms with van der Waals surface area (Å²) in [6, 6.07) is 5.10. The largest absolute Gasteiger partial charge is 0.376 e. The van der Waals surface area contributed by atoms with Crippen molar-refractivity contribution in [2.45, 2.75) is 51.3 Å². The van der Waals surface area contributed by atoms with Crippen molar-refractivity contribution in [1.29, 1.82) is 0 Å². The molecule has 0 bridgehead atoms. The number of rotatable bonds is 0. The minimum Gasteiger partial charge on any atom is -0.376 e. The lowest BCUT2D eigenvalue weighted by atomic mass is 9.95. The van der Waals surface area contributed by atoms with Gasteiger partial charge in [0.15, 0.2) is 0 Å². The van der Waals surface area contributed by atoms with E-state index in [0.29, 0.717) is 5.92 Å². The quantitative estimate of drug-likeness (QED) is 0.662. The first-order valence-corrected chi connectivity index (χ1v) is 13.5. The zero-order valence-electron chi connectivity index (χ0n) is 12.3. The minimum atomic E-state index is -1.17. The summed E-state index contributed by atoms with van der Waals surface area (Å²) in [6.07, 6.45) is 0. The number of hydrogen-bond donors (Lipinski definition) is 0. The van der Waals surface area contributed by atoms with E-state index in [1.54, 1.807) is 15.9 Å². The molecule has 0 saturated heterocycles. The van der Waals surface area contributed by atoms with Crippen LogP contribution in [0.15, 0.2) is 12.1 Å². The Hall–Kier alpha value is -0.386. The van der Waals surface area contributed by atoms with Gasteiger partial charge in [0.05, 0.1) is 29.4 Å². The number of ether oxygens (including phenoxy) is 1. The van der Waals surface area contributed by atoms with Crippen LogP contribution < -0.4 is 10.4 Å². The molecule has 2 aliphatic heterocycles. The number of hydrogen-bond acceptors (Lipinski definition) is 1. The predicted molar refractivity (Wildman–Crippen MR) is 83.6 cm³/mol. The fourth-order valence-electron chi connectivity index (χ4n) is 4.10. The van der Waals surface area contributed by atoms with Crippen molar-refractivity contribution in [2.24, 2.45) is 0 Å². The molecular formula is C15H24OSi2. The summed E-state index contributed by atoms with van der Waals surface area (Å²) in [5.74, 6) is 0.578. The van der Waals surface area contributed by atoms with Crippen molar-refractivity contribution in [2.75, 3.05) is 6.61 Å². The van der Waals surface area contributed by atoms with Gasteiger partial charge in [-0.1, -0.05) is 61.3 Å². The van der Waals surface area contributed by atoms with Crippen LogP contribution in [0, 0.1) is 0 Å². The second-order valence-electron chi connectivity index (χ2n) is 7.46. The molecule has 0 aromatic heterocycles. The lowest BCUT2D eigenvalue weighted by Crippen LogP contribution is -2.45.